The van der Waals surface area contributed by atoms with Crippen molar-refractivity contribution in [2.45, 2.75) is 19.3 Å². The van der Waals surface area contributed by atoms with E-state index >= 15 is 0 Å². The highest BCUT2D eigenvalue weighted by Crippen LogP contribution is 2.23. The minimum absolute atomic E-state index is 0.0765. The topological polar surface area (TPSA) is 59.2 Å². The van der Waals surface area contributed by atoms with E-state index < -0.39 is 0 Å². The van der Waals surface area contributed by atoms with Gasteiger partial charge in [0.05, 0.1) is 0 Å². The average Bonchev–Trinajstić information content (AvgIpc) is 3.41. The van der Waals surface area contributed by atoms with Crippen molar-refractivity contribution in [1.82, 2.24) is 15.0 Å². The summed E-state index contributed by atoms with van der Waals surface area (Å²) in [5.41, 5.74) is 0.990. The van der Waals surface area contributed by atoms with E-state index in [0.717, 1.165) is 42.8 Å². The van der Waals surface area contributed by atoms with Gasteiger partial charge in [-0.15, -0.1) is 11.3 Å². The maximum atomic E-state index is 12.4. The first-order chi connectivity index (χ1) is 12.8. The van der Waals surface area contributed by atoms with E-state index in [4.69, 9.17) is 4.52 Å². The normalized spacial score (nSPS) is 17.8. The molecule has 4 heterocycles. The Bertz CT molecular complexity index is 869. The fourth-order valence-corrected chi connectivity index (χ4v) is 4.42. The predicted octanol–water partition coefficient (Wildman–Crippen LogP) is 4.35. The van der Waals surface area contributed by atoms with Crippen LogP contribution in [0.1, 0.15) is 23.6 Å². The minimum Gasteiger partial charge on any atom is -0.339 e. The zero-order valence-electron chi connectivity index (χ0n) is 14.2. The third-order valence-electron chi connectivity index (χ3n) is 4.47. The summed E-state index contributed by atoms with van der Waals surface area (Å²) in [6.07, 6.45) is 6.37. The highest BCUT2D eigenvalue weighted by Gasteiger charge is 2.24. The van der Waals surface area contributed by atoms with Crippen molar-refractivity contribution in [2.24, 2.45) is 5.92 Å². The van der Waals surface area contributed by atoms with Crippen LogP contribution in [0.4, 0.5) is 0 Å². The van der Waals surface area contributed by atoms with Gasteiger partial charge >= 0.3 is 0 Å². The van der Waals surface area contributed by atoms with Crippen LogP contribution in [0, 0.1) is 5.92 Å². The number of likely N-dealkylation sites (tertiary alicyclic amines) is 1. The summed E-state index contributed by atoms with van der Waals surface area (Å²) in [6, 6.07) is 5.98. The third kappa shape index (κ3) is 4.11. The van der Waals surface area contributed by atoms with Crippen LogP contribution in [0.5, 0.6) is 0 Å². The summed E-state index contributed by atoms with van der Waals surface area (Å²) in [5, 5.41) is 10.1. The molecule has 134 valence electrons. The summed E-state index contributed by atoms with van der Waals surface area (Å²) in [7, 11) is 0. The van der Waals surface area contributed by atoms with E-state index in [0.29, 0.717) is 17.6 Å². The van der Waals surface area contributed by atoms with Crippen LogP contribution in [0.3, 0.4) is 0 Å². The second-order valence-corrected chi connectivity index (χ2v) is 8.13. The van der Waals surface area contributed by atoms with E-state index in [2.05, 4.69) is 10.1 Å². The lowest BCUT2D eigenvalue weighted by Crippen LogP contribution is -2.39. The lowest BCUT2D eigenvalue weighted by molar-refractivity contribution is -0.127. The highest BCUT2D eigenvalue weighted by atomic mass is 32.1. The quantitative estimate of drug-likeness (QED) is 0.613. The van der Waals surface area contributed by atoms with E-state index in [1.807, 2.05) is 45.3 Å². The molecule has 1 saturated heterocycles. The molecule has 26 heavy (non-hydrogen) atoms. The molecule has 0 bridgehead atoms. The maximum absolute atomic E-state index is 12.4. The molecule has 0 N–H and O–H groups in total. The van der Waals surface area contributed by atoms with Crippen LogP contribution in [0.15, 0.2) is 44.9 Å². The molecule has 1 amide bonds. The fourth-order valence-electron chi connectivity index (χ4n) is 3.17. The number of amides is 1. The first-order valence-corrected chi connectivity index (χ1v) is 10.5. The van der Waals surface area contributed by atoms with Gasteiger partial charge in [-0.05, 0) is 47.7 Å². The Morgan fingerprint density at radius 2 is 2.35 bits per heavy atom. The van der Waals surface area contributed by atoms with Crippen molar-refractivity contribution in [3.63, 3.8) is 0 Å². The van der Waals surface area contributed by atoms with E-state index in [1.54, 1.807) is 28.7 Å². The number of hydrogen-bond donors (Lipinski definition) is 0. The van der Waals surface area contributed by atoms with Crippen molar-refractivity contribution in [3.05, 3.63) is 51.2 Å². The number of hydrogen-bond acceptors (Lipinski definition) is 6. The van der Waals surface area contributed by atoms with Crippen LogP contribution >= 0.6 is 22.7 Å². The third-order valence-corrected chi connectivity index (χ3v) is 6.00. The Hall–Kier alpha value is -2.25. The Morgan fingerprint density at radius 3 is 3.15 bits per heavy atom. The molecule has 1 atom stereocenters. The van der Waals surface area contributed by atoms with Crippen molar-refractivity contribution < 1.29 is 9.32 Å². The molecule has 0 spiro atoms. The largest absolute Gasteiger partial charge is 0.339 e. The number of thiophene rings is 2. The summed E-state index contributed by atoms with van der Waals surface area (Å²) in [6.45, 7) is 1.55. The highest BCUT2D eigenvalue weighted by molar-refractivity contribution is 7.10. The molecule has 0 aromatic carbocycles. The zero-order valence-corrected chi connectivity index (χ0v) is 15.8. The molecule has 4 rings (SSSR count). The second-order valence-electron chi connectivity index (χ2n) is 6.37. The van der Waals surface area contributed by atoms with Crippen molar-refractivity contribution in [2.75, 3.05) is 13.1 Å². The number of rotatable bonds is 5. The Kier molecular flexibility index (Phi) is 5.26. The van der Waals surface area contributed by atoms with E-state index in [9.17, 15) is 4.79 Å². The summed E-state index contributed by atoms with van der Waals surface area (Å²) in [5.74, 6) is 1.73. The molecule has 0 aliphatic carbocycles. The zero-order chi connectivity index (χ0) is 17.8. The monoisotopic (exact) mass is 385 g/mol. The van der Waals surface area contributed by atoms with Gasteiger partial charge in [0.2, 0.25) is 17.6 Å². The van der Waals surface area contributed by atoms with Gasteiger partial charge < -0.3 is 9.42 Å². The average molecular weight is 386 g/mol. The van der Waals surface area contributed by atoms with Gasteiger partial charge in [-0.25, -0.2) is 0 Å². The van der Waals surface area contributed by atoms with Crippen LogP contribution in [-0.4, -0.2) is 34.0 Å². The van der Waals surface area contributed by atoms with Crippen LogP contribution in [-0.2, 0) is 11.2 Å². The number of carbonyl (C=O) groups is 1. The maximum Gasteiger partial charge on any atom is 0.246 e. The first-order valence-electron chi connectivity index (χ1n) is 8.63. The lowest BCUT2D eigenvalue weighted by Gasteiger charge is -2.31. The van der Waals surface area contributed by atoms with Crippen molar-refractivity contribution in [1.29, 1.82) is 0 Å². The first kappa shape index (κ1) is 17.2. The Morgan fingerprint density at radius 1 is 1.38 bits per heavy atom. The molecule has 0 saturated carbocycles. The fraction of sp³-hybridized carbons (Fsp3) is 0.316. The Labute approximate surface area is 160 Å². The van der Waals surface area contributed by atoms with Gasteiger partial charge in [-0.1, -0.05) is 11.2 Å². The molecule has 0 unspecified atom stereocenters. The molecule has 7 heteroatoms. The predicted molar refractivity (Wildman–Crippen MR) is 104 cm³/mol. The van der Waals surface area contributed by atoms with Crippen molar-refractivity contribution in [3.8, 4) is 11.4 Å². The molecule has 0 radical (unpaired) electrons. The molecular formula is C19H19N3O2S2. The Balaban J connectivity index is 1.35. The van der Waals surface area contributed by atoms with E-state index in [-0.39, 0.29) is 5.91 Å². The minimum atomic E-state index is 0.0765. The van der Waals surface area contributed by atoms with E-state index in [1.165, 1.54) is 0 Å². The molecule has 5 nitrogen and oxygen atoms in total. The molecule has 3 aromatic rings. The van der Waals surface area contributed by atoms with Gasteiger partial charge in [0.25, 0.3) is 0 Å². The molecule has 1 fully saturated rings. The van der Waals surface area contributed by atoms with Crippen molar-refractivity contribution >= 4 is 34.7 Å². The molecular weight excluding hydrogens is 366 g/mol. The summed E-state index contributed by atoms with van der Waals surface area (Å²) < 4.78 is 5.41. The summed E-state index contributed by atoms with van der Waals surface area (Å²) in [4.78, 5) is 20.0. The van der Waals surface area contributed by atoms with Gasteiger partial charge in [-0.3, -0.25) is 4.79 Å². The molecule has 3 aromatic heterocycles. The van der Waals surface area contributed by atoms with Crippen LogP contribution in [0.25, 0.3) is 17.5 Å². The number of piperidine rings is 1. The standard InChI is InChI=1S/C19H19N3O2S2/c23-18(6-5-16-4-2-9-26-16)22-8-1-3-14(12-22)11-17-20-19(21-24-17)15-7-10-25-13-15/h2,4-7,9-10,13-14H,1,3,8,11-12H2/b6-5-/t14-/m0/s1. The second kappa shape index (κ2) is 7.97. The SMILES string of the molecule is O=C(/C=C\c1cccs1)N1CCC[C@@H](Cc2nc(-c3ccsc3)no2)C1. The van der Waals surface area contributed by atoms with Crippen LogP contribution in [0.2, 0.25) is 0 Å². The van der Waals surface area contributed by atoms with Gasteiger partial charge in [0.15, 0.2) is 0 Å². The van der Waals surface area contributed by atoms with Gasteiger partial charge in [0.1, 0.15) is 0 Å². The molecule has 1 aliphatic heterocycles. The molecule has 1 aliphatic rings. The summed E-state index contributed by atoms with van der Waals surface area (Å²) >= 11 is 3.25. The van der Waals surface area contributed by atoms with Crippen LogP contribution < -0.4 is 0 Å². The number of carbonyl (C=O) groups excluding carboxylic acids is 1. The number of nitrogens with zero attached hydrogens (tertiary/aromatic N) is 3. The smallest absolute Gasteiger partial charge is 0.246 e. The van der Waals surface area contributed by atoms with Gasteiger partial charge in [-0.2, -0.15) is 16.3 Å². The number of aromatic nitrogens is 2. The lowest BCUT2D eigenvalue weighted by atomic mass is 9.94. The van der Waals surface area contributed by atoms with Gasteiger partial charge in [0, 0.05) is 41.4 Å².